The lowest BCUT2D eigenvalue weighted by atomic mass is 10.2. The molecule has 0 spiro atoms. The Hall–Kier alpha value is -1.92. The minimum Gasteiger partial charge on any atom is -0.508 e. The van der Waals surface area contributed by atoms with Crippen LogP contribution in [-0.2, 0) is 26.6 Å². The first-order valence-corrected chi connectivity index (χ1v) is 8.25. The van der Waals surface area contributed by atoms with Gasteiger partial charge in [0, 0.05) is 46.2 Å². The number of phenolic OH excluding ortho intramolecular Hbond substituents is 1. The molecule has 1 aliphatic heterocycles. The summed E-state index contributed by atoms with van der Waals surface area (Å²) >= 11 is 0. The van der Waals surface area contributed by atoms with E-state index in [1.165, 1.54) is 5.56 Å². The average molecular weight is 315 g/mol. The van der Waals surface area contributed by atoms with Gasteiger partial charge in [0.1, 0.15) is 17.4 Å². The van der Waals surface area contributed by atoms with Gasteiger partial charge < -0.3 is 9.67 Å². The molecule has 6 nitrogen and oxygen atoms in total. The molecule has 0 saturated carbocycles. The molecule has 2 heterocycles. The van der Waals surface area contributed by atoms with E-state index < -0.39 is 0 Å². The molecule has 1 fully saturated rings. The molecule has 124 valence electrons. The van der Waals surface area contributed by atoms with Crippen LogP contribution in [0.5, 0.6) is 5.75 Å². The lowest BCUT2D eigenvalue weighted by Gasteiger charge is -2.34. The number of nitrogens with zero attached hydrogens (tertiary/aromatic N) is 5. The molecule has 2 aromatic rings. The SMILES string of the molecule is CCc1nnc(CN2CCN(Cc3cccc(O)c3)CC2)n1C. The van der Waals surface area contributed by atoms with Crippen LogP contribution in [0.4, 0.5) is 0 Å². The van der Waals surface area contributed by atoms with Crippen molar-refractivity contribution in [3.63, 3.8) is 0 Å². The van der Waals surface area contributed by atoms with E-state index in [0.29, 0.717) is 5.75 Å². The summed E-state index contributed by atoms with van der Waals surface area (Å²) in [7, 11) is 2.05. The number of aromatic nitrogens is 3. The van der Waals surface area contributed by atoms with Crippen LogP contribution in [0.25, 0.3) is 0 Å². The van der Waals surface area contributed by atoms with E-state index in [-0.39, 0.29) is 0 Å². The van der Waals surface area contributed by atoms with Crippen LogP contribution < -0.4 is 0 Å². The Morgan fingerprint density at radius 1 is 1.00 bits per heavy atom. The molecule has 1 aromatic heterocycles. The van der Waals surface area contributed by atoms with Gasteiger partial charge in [0.25, 0.3) is 0 Å². The molecule has 3 rings (SSSR count). The van der Waals surface area contributed by atoms with Gasteiger partial charge in [-0.05, 0) is 17.7 Å². The molecule has 1 N–H and O–H groups in total. The van der Waals surface area contributed by atoms with Crippen molar-refractivity contribution >= 4 is 0 Å². The Bertz CT molecular complexity index is 646. The molecule has 1 saturated heterocycles. The number of aryl methyl sites for hydroxylation is 1. The fraction of sp³-hybridized carbons (Fsp3) is 0.529. The number of hydrogen-bond acceptors (Lipinski definition) is 5. The fourth-order valence-electron chi connectivity index (χ4n) is 3.06. The van der Waals surface area contributed by atoms with Crippen LogP contribution in [0.2, 0.25) is 0 Å². The summed E-state index contributed by atoms with van der Waals surface area (Å²) in [4.78, 5) is 4.86. The van der Waals surface area contributed by atoms with E-state index in [2.05, 4.69) is 37.6 Å². The lowest BCUT2D eigenvalue weighted by molar-refractivity contribution is 0.119. The van der Waals surface area contributed by atoms with Crippen molar-refractivity contribution in [1.29, 1.82) is 0 Å². The fourth-order valence-corrected chi connectivity index (χ4v) is 3.06. The molecule has 1 aliphatic rings. The molecule has 0 bridgehead atoms. The molecular formula is C17H25N5O. The summed E-state index contributed by atoms with van der Waals surface area (Å²) in [5.41, 5.74) is 1.17. The van der Waals surface area contributed by atoms with Crippen molar-refractivity contribution in [2.75, 3.05) is 26.2 Å². The van der Waals surface area contributed by atoms with Crippen LogP contribution in [0.1, 0.15) is 24.1 Å². The summed E-state index contributed by atoms with van der Waals surface area (Å²) in [6.45, 7) is 8.01. The van der Waals surface area contributed by atoms with E-state index in [1.54, 1.807) is 6.07 Å². The first kappa shape index (κ1) is 16.0. The minimum atomic E-state index is 0.343. The van der Waals surface area contributed by atoms with E-state index in [9.17, 15) is 5.11 Å². The quantitative estimate of drug-likeness (QED) is 0.904. The van der Waals surface area contributed by atoms with Gasteiger partial charge in [0.15, 0.2) is 0 Å². The summed E-state index contributed by atoms with van der Waals surface area (Å²) < 4.78 is 2.11. The predicted molar refractivity (Wildman–Crippen MR) is 89.0 cm³/mol. The second-order valence-electron chi connectivity index (χ2n) is 6.17. The first-order valence-electron chi connectivity index (χ1n) is 8.25. The van der Waals surface area contributed by atoms with Gasteiger partial charge in [-0.25, -0.2) is 0 Å². The minimum absolute atomic E-state index is 0.343. The third-order valence-corrected chi connectivity index (χ3v) is 4.52. The molecule has 0 unspecified atom stereocenters. The molecule has 0 radical (unpaired) electrons. The summed E-state index contributed by atoms with van der Waals surface area (Å²) in [6, 6.07) is 7.53. The van der Waals surface area contributed by atoms with Gasteiger partial charge in [-0.1, -0.05) is 19.1 Å². The van der Waals surface area contributed by atoms with Crippen molar-refractivity contribution in [3.8, 4) is 5.75 Å². The lowest BCUT2D eigenvalue weighted by Crippen LogP contribution is -2.45. The topological polar surface area (TPSA) is 57.4 Å². The van der Waals surface area contributed by atoms with Gasteiger partial charge in [-0.15, -0.1) is 10.2 Å². The number of hydrogen-bond donors (Lipinski definition) is 1. The summed E-state index contributed by atoms with van der Waals surface area (Å²) in [5.74, 6) is 2.43. The highest BCUT2D eigenvalue weighted by molar-refractivity contribution is 5.27. The maximum absolute atomic E-state index is 9.56. The highest BCUT2D eigenvalue weighted by atomic mass is 16.3. The molecule has 1 aromatic carbocycles. The molecule has 23 heavy (non-hydrogen) atoms. The van der Waals surface area contributed by atoms with E-state index >= 15 is 0 Å². The third-order valence-electron chi connectivity index (χ3n) is 4.52. The van der Waals surface area contributed by atoms with Gasteiger partial charge in [0.05, 0.1) is 6.54 Å². The van der Waals surface area contributed by atoms with Crippen molar-refractivity contribution in [2.24, 2.45) is 7.05 Å². The van der Waals surface area contributed by atoms with Crippen molar-refractivity contribution in [1.82, 2.24) is 24.6 Å². The van der Waals surface area contributed by atoms with E-state index in [4.69, 9.17) is 0 Å². The van der Waals surface area contributed by atoms with E-state index in [1.807, 2.05) is 19.2 Å². The maximum Gasteiger partial charge on any atom is 0.146 e. The number of phenols is 1. The molecule has 0 amide bonds. The van der Waals surface area contributed by atoms with Crippen LogP contribution in [0.3, 0.4) is 0 Å². The van der Waals surface area contributed by atoms with Crippen LogP contribution in [0, 0.1) is 0 Å². The highest BCUT2D eigenvalue weighted by Gasteiger charge is 2.19. The monoisotopic (exact) mass is 315 g/mol. The third kappa shape index (κ3) is 3.89. The number of benzene rings is 1. The predicted octanol–water partition coefficient (Wildman–Crippen LogP) is 1.40. The molecule has 6 heteroatoms. The second-order valence-corrected chi connectivity index (χ2v) is 6.17. The largest absolute Gasteiger partial charge is 0.508 e. The Kier molecular flexibility index (Phi) is 4.93. The normalized spacial score (nSPS) is 16.8. The highest BCUT2D eigenvalue weighted by Crippen LogP contribution is 2.15. The zero-order valence-electron chi connectivity index (χ0n) is 13.9. The standard InChI is InChI=1S/C17H25N5O/c1-3-16-18-19-17(20(16)2)13-22-9-7-21(8-10-22)12-14-5-4-6-15(23)11-14/h4-6,11,23H,3,7-10,12-13H2,1-2H3. The van der Waals surface area contributed by atoms with Gasteiger partial charge in [-0.3, -0.25) is 9.80 Å². The molecule has 0 atom stereocenters. The van der Waals surface area contributed by atoms with Crippen molar-refractivity contribution in [3.05, 3.63) is 41.5 Å². The van der Waals surface area contributed by atoms with Crippen LogP contribution in [0.15, 0.2) is 24.3 Å². The van der Waals surface area contributed by atoms with Crippen LogP contribution in [-0.4, -0.2) is 55.8 Å². The zero-order chi connectivity index (χ0) is 16.2. The second kappa shape index (κ2) is 7.10. The summed E-state index contributed by atoms with van der Waals surface area (Å²) in [5, 5.41) is 18.1. The Morgan fingerprint density at radius 2 is 1.65 bits per heavy atom. The van der Waals surface area contributed by atoms with Crippen molar-refractivity contribution in [2.45, 2.75) is 26.4 Å². The Balaban J connectivity index is 1.51. The number of rotatable bonds is 5. The van der Waals surface area contributed by atoms with Gasteiger partial charge >= 0.3 is 0 Å². The zero-order valence-corrected chi connectivity index (χ0v) is 13.9. The molecule has 0 aliphatic carbocycles. The maximum atomic E-state index is 9.56. The van der Waals surface area contributed by atoms with Crippen molar-refractivity contribution < 1.29 is 5.11 Å². The van der Waals surface area contributed by atoms with E-state index in [0.717, 1.165) is 57.3 Å². The number of aromatic hydroxyl groups is 1. The van der Waals surface area contributed by atoms with Crippen LogP contribution >= 0.6 is 0 Å². The average Bonchev–Trinajstić information content (AvgIpc) is 2.89. The first-order chi connectivity index (χ1) is 11.2. The van der Waals surface area contributed by atoms with Gasteiger partial charge in [-0.2, -0.15) is 0 Å². The Morgan fingerprint density at radius 3 is 2.26 bits per heavy atom. The summed E-state index contributed by atoms with van der Waals surface area (Å²) in [6.07, 6.45) is 0.918. The van der Waals surface area contributed by atoms with Gasteiger partial charge in [0.2, 0.25) is 0 Å². The number of piperazine rings is 1. The Labute approximate surface area is 137 Å². The smallest absolute Gasteiger partial charge is 0.146 e. The molecular weight excluding hydrogens is 290 g/mol.